The number of aromatic nitrogens is 2. The number of amides is 1. The molecule has 0 radical (unpaired) electrons. The lowest BCUT2D eigenvalue weighted by Crippen LogP contribution is -2.46. The molecule has 0 atom stereocenters. The molecular formula is C31H45N3O3. The molecular weight excluding hydrogens is 462 g/mol. The van der Waals surface area contributed by atoms with Gasteiger partial charge in [-0.25, -0.2) is 0 Å². The molecule has 2 saturated carbocycles. The number of rotatable bonds is 6. The molecule has 2 aliphatic rings. The molecule has 37 heavy (non-hydrogen) atoms. The van der Waals surface area contributed by atoms with Gasteiger partial charge < -0.3 is 15.0 Å². The van der Waals surface area contributed by atoms with Gasteiger partial charge in [-0.1, -0.05) is 60.8 Å². The Morgan fingerprint density at radius 2 is 1.54 bits per heavy atom. The molecule has 2 heterocycles. The summed E-state index contributed by atoms with van der Waals surface area (Å²) >= 11 is 0. The van der Waals surface area contributed by atoms with Gasteiger partial charge in [-0.2, -0.15) is 0 Å². The van der Waals surface area contributed by atoms with Crippen LogP contribution in [0.2, 0.25) is 0 Å². The van der Waals surface area contributed by atoms with Gasteiger partial charge in [0.15, 0.2) is 0 Å². The first-order chi connectivity index (χ1) is 17.2. The standard InChI is InChI=1S/C31H45N3O3/c1-19-24(28(35)32-23-13-22(14-23)29(36)37)17-25(34(19)18-20-11-9-8-10-12-20)21-15-26(30(2,3)4)33-27(16-21)31(5,6)7/h15-17,20,22-23H,8-14,18H2,1-7H3,(H,32,35)(H,36,37)/t22-,23-. The molecule has 2 aromatic heterocycles. The molecule has 0 unspecified atom stereocenters. The van der Waals surface area contributed by atoms with Crippen LogP contribution in [0.15, 0.2) is 18.2 Å². The van der Waals surface area contributed by atoms with E-state index in [1.165, 1.54) is 32.1 Å². The van der Waals surface area contributed by atoms with Gasteiger partial charge >= 0.3 is 5.97 Å². The SMILES string of the molecule is Cc1c(C(=O)N[C@H]2C[C@H](C(=O)O)C2)cc(-c2cc(C(C)(C)C)nc(C(C)(C)C)c2)n1CC1CCCCC1. The Labute approximate surface area is 222 Å². The van der Waals surface area contributed by atoms with Crippen molar-refractivity contribution in [3.05, 3.63) is 40.8 Å². The van der Waals surface area contributed by atoms with Crippen molar-refractivity contribution in [2.45, 2.75) is 117 Å². The van der Waals surface area contributed by atoms with Crippen molar-refractivity contribution in [3.63, 3.8) is 0 Å². The first-order valence-electron chi connectivity index (χ1n) is 14.0. The summed E-state index contributed by atoms with van der Waals surface area (Å²) in [5.74, 6) is -0.606. The number of carboxylic acid groups (broad SMARTS) is 1. The summed E-state index contributed by atoms with van der Waals surface area (Å²) in [4.78, 5) is 29.7. The number of hydrogen-bond donors (Lipinski definition) is 2. The Morgan fingerprint density at radius 1 is 0.973 bits per heavy atom. The number of nitrogens with zero attached hydrogens (tertiary/aromatic N) is 2. The molecule has 0 aliphatic heterocycles. The Hall–Kier alpha value is -2.63. The van der Waals surface area contributed by atoms with Gasteiger partial charge in [-0.05, 0) is 56.7 Å². The molecule has 2 N–H and O–H groups in total. The largest absolute Gasteiger partial charge is 0.481 e. The van der Waals surface area contributed by atoms with Gasteiger partial charge in [-0.3, -0.25) is 14.6 Å². The summed E-state index contributed by atoms with van der Waals surface area (Å²) in [6.45, 7) is 16.1. The van der Waals surface area contributed by atoms with Gasteiger partial charge in [0.05, 0.1) is 11.5 Å². The number of carboxylic acids is 1. The number of nitrogens with one attached hydrogen (secondary N) is 1. The third kappa shape index (κ3) is 6.10. The van der Waals surface area contributed by atoms with Crippen LogP contribution in [-0.2, 0) is 22.2 Å². The molecule has 0 saturated heterocycles. The topological polar surface area (TPSA) is 84.2 Å². The highest BCUT2D eigenvalue weighted by molar-refractivity contribution is 5.97. The van der Waals surface area contributed by atoms with Crippen molar-refractivity contribution in [1.82, 2.24) is 14.9 Å². The maximum atomic E-state index is 13.4. The van der Waals surface area contributed by atoms with E-state index in [0.29, 0.717) is 24.3 Å². The maximum absolute atomic E-state index is 13.4. The van der Waals surface area contributed by atoms with Crippen LogP contribution < -0.4 is 5.32 Å². The average molecular weight is 508 g/mol. The lowest BCUT2D eigenvalue weighted by Gasteiger charge is -2.32. The number of carbonyl (C=O) groups excluding carboxylic acids is 1. The summed E-state index contributed by atoms with van der Waals surface area (Å²) < 4.78 is 2.36. The van der Waals surface area contributed by atoms with E-state index in [9.17, 15) is 14.7 Å². The van der Waals surface area contributed by atoms with Crippen LogP contribution in [0.25, 0.3) is 11.3 Å². The highest BCUT2D eigenvalue weighted by Crippen LogP contribution is 2.36. The predicted octanol–water partition coefficient (Wildman–Crippen LogP) is 6.63. The van der Waals surface area contributed by atoms with Crippen molar-refractivity contribution in [3.8, 4) is 11.3 Å². The van der Waals surface area contributed by atoms with E-state index in [4.69, 9.17) is 4.98 Å². The minimum absolute atomic E-state index is 0.0703. The molecule has 202 valence electrons. The minimum atomic E-state index is -0.774. The van der Waals surface area contributed by atoms with Crippen LogP contribution in [0.4, 0.5) is 0 Å². The quantitative estimate of drug-likeness (QED) is 0.460. The number of hydrogen-bond acceptors (Lipinski definition) is 3. The van der Waals surface area contributed by atoms with Crippen LogP contribution in [0.1, 0.15) is 114 Å². The summed E-state index contributed by atoms with van der Waals surface area (Å²) in [7, 11) is 0. The van der Waals surface area contributed by atoms with E-state index < -0.39 is 5.97 Å². The minimum Gasteiger partial charge on any atom is -0.481 e. The molecule has 0 spiro atoms. The molecule has 6 heteroatoms. The second-order valence-corrected chi connectivity index (χ2v) is 13.4. The molecule has 2 aromatic rings. The van der Waals surface area contributed by atoms with Crippen molar-refractivity contribution in [2.24, 2.45) is 11.8 Å². The molecule has 6 nitrogen and oxygen atoms in total. The predicted molar refractivity (Wildman–Crippen MR) is 148 cm³/mol. The van der Waals surface area contributed by atoms with E-state index in [2.05, 4.69) is 76.5 Å². The maximum Gasteiger partial charge on any atom is 0.306 e. The van der Waals surface area contributed by atoms with Gasteiger partial charge in [0.1, 0.15) is 0 Å². The van der Waals surface area contributed by atoms with Crippen LogP contribution in [0.5, 0.6) is 0 Å². The van der Waals surface area contributed by atoms with Crippen molar-refractivity contribution in [2.75, 3.05) is 0 Å². The fourth-order valence-electron chi connectivity index (χ4n) is 5.62. The van der Waals surface area contributed by atoms with Crippen LogP contribution in [0, 0.1) is 18.8 Å². The van der Waals surface area contributed by atoms with Gasteiger partial charge in [0.2, 0.25) is 0 Å². The fraction of sp³-hybridized carbons (Fsp3) is 0.645. The Kier molecular flexibility index (Phi) is 7.60. The first-order valence-corrected chi connectivity index (χ1v) is 14.0. The van der Waals surface area contributed by atoms with Crippen molar-refractivity contribution in [1.29, 1.82) is 0 Å². The zero-order chi connectivity index (χ0) is 27.1. The van der Waals surface area contributed by atoms with Gasteiger partial charge in [0.25, 0.3) is 5.91 Å². The van der Waals surface area contributed by atoms with E-state index in [1.807, 2.05) is 0 Å². The van der Waals surface area contributed by atoms with Crippen LogP contribution >= 0.6 is 0 Å². The third-order valence-electron chi connectivity index (χ3n) is 8.26. The highest BCUT2D eigenvalue weighted by Gasteiger charge is 2.36. The van der Waals surface area contributed by atoms with Crippen molar-refractivity contribution >= 4 is 11.9 Å². The lowest BCUT2D eigenvalue weighted by atomic mass is 9.80. The molecule has 0 aromatic carbocycles. The molecule has 1 amide bonds. The fourth-order valence-corrected chi connectivity index (χ4v) is 5.62. The average Bonchev–Trinajstić information content (AvgIpc) is 3.11. The van der Waals surface area contributed by atoms with Gasteiger partial charge in [-0.15, -0.1) is 0 Å². The van der Waals surface area contributed by atoms with Crippen molar-refractivity contribution < 1.29 is 14.7 Å². The van der Waals surface area contributed by atoms with Gasteiger partial charge in [0, 0.05) is 51.8 Å². The second-order valence-electron chi connectivity index (χ2n) is 13.4. The zero-order valence-electron chi connectivity index (χ0n) is 23.8. The van der Waals surface area contributed by atoms with E-state index in [-0.39, 0.29) is 28.7 Å². The normalized spacial score (nSPS) is 20.9. The summed E-state index contributed by atoms with van der Waals surface area (Å²) in [5.41, 5.74) is 5.76. The number of aliphatic carboxylic acids is 1. The zero-order valence-corrected chi connectivity index (χ0v) is 23.8. The Bertz CT molecular complexity index is 1120. The molecule has 2 fully saturated rings. The Balaban J connectivity index is 1.75. The summed E-state index contributed by atoms with van der Waals surface area (Å²) in [6, 6.07) is 6.38. The third-order valence-corrected chi connectivity index (χ3v) is 8.26. The number of pyridine rings is 1. The summed E-state index contributed by atoms with van der Waals surface area (Å²) in [5, 5.41) is 12.3. The molecule has 4 rings (SSSR count). The first kappa shape index (κ1) is 27.4. The number of carbonyl (C=O) groups is 2. The van der Waals surface area contributed by atoms with E-state index in [0.717, 1.165) is 34.9 Å². The smallest absolute Gasteiger partial charge is 0.306 e. The van der Waals surface area contributed by atoms with E-state index in [1.54, 1.807) is 0 Å². The van der Waals surface area contributed by atoms with E-state index >= 15 is 0 Å². The lowest BCUT2D eigenvalue weighted by molar-refractivity contribution is -0.145. The molecule has 0 bridgehead atoms. The monoisotopic (exact) mass is 507 g/mol. The van der Waals surface area contributed by atoms with Crippen LogP contribution in [0.3, 0.4) is 0 Å². The second kappa shape index (κ2) is 10.3. The highest BCUT2D eigenvalue weighted by atomic mass is 16.4. The Morgan fingerprint density at radius 3 is 2.05 bits per heavy atom. The van der Waals surface area contributed by atoms with Crippen LogP contribution in [-0.4, -0.2) is 32.6 Å². The molecule has 2 aliphatic carbocycles. The summed E-state index contributed by atoms with van der Waals surface area (Å²) in [6.07, 6.45) is 7.33.